The van der Waals surface area contributed by atoms with Gasteiger partial charge in [-0.2, -0.15) is 0 Å². The van der Waals surface area contributed by atoms with E-state index in [0.29, 0.717) is 0 Å². The van der Waals surface area contributed by atoms with Crippen LogP contribution in [0, 0.1) is 5.92 Å². The Morgan fingerprint density at radius 1 is 1.53 bits per heavy atom. The summed E-state index contributed by atoms with van der Waals surface area (Å²) >= 11 is 5.38. The van der Waals surface area contributed by atoms with Gasteiger partial charge in [0, 0.05) is 15.9 Å². The molecule has 0 saturated carbocycles. The molecule has 0 bridgehead atoms. The lowest BCUT2D eigenvalue weighted by Crippen LogP contribution is -2.30. The topological polar surface area (TPSA) is 24.1 Å². The first-order chi connectivity index (χ1) is 8.36. The molecule has 0 amide bonds. The third-order valence-electron chi connectivity index (χ3n) is 3.34. The SMILES string of the molecule is Brc1ccsc1CNCCCC1CCCNC1. The maximum atomic E-state index is 3.56. The molecule has 1 atom stereocenters. The van der Waals surface area contributed by atoms with E-state index in [1.807, 2.05) is 11.3 Å². The summed E-state index contributed by atoms with van der Waals surface area (Å²) in [6.07, 6.45) is 5.45. The first kappa shape index (κ1) is 13.5. The van der Waals surface area contributed by atoms with Gasteiger partial charge in [0.15, 0.2) is 0 Å². The van der Waals surface area contributed by atoms with Gasteiger partial charge in [-0.25, -0.2) is 0 Å². The van der Waals surface area contributed by atoms with E-state index in [-0.39, 0.29) is 0 Å². The smallest absolute Gasteiger partial charge is 0.0327 e. The molecule has 1 aromatic rings. The fourth-order valence-corrected chi connectivity index (χ4v) is 3.80. The highest BCUT2D eigenvalue weighted by Crippen LogP contribution is 2.22. The predicted octanol–water partition coefficient (Wildman–Crippen LogP) is 3.38. The fraction of sp³-hybridized carbons (Fsp3) is 0.692. The van der Waals surface area contributed by atoms with Crippen molar-refractivity contribution < 1.29 is 0 Å². The normalized spacial score (nSPS) is 20.6. The maximum absolute atomic E-state index is 3.56. The number of nitrogens with one attached hydrogen (secondary N) is 2. The second-order valence-corrected chi connectivity index (χ2v) is 6.58. The number of piperidine rings is 1. The van der Waals surface area contributed by atoms with E-state index in [1.165, 1.54) is 48.1 Å². The van der Waals surface area contributed by atoms with Gasteiger partial charge in [-0.15, -0.1) is 11.3 Å². The van der Waals surface area contributed by atoms with Gasteiger partial charge >= 0.3 is 0 Å². The molecule has 0 aromatic carbocycles. The lowest BCUT2D eigenvalue weighted by atomic mass is 9.95. The predicted molar refractivity (Wildman–Crippen MR) is 78.6 cm³/mol. The first-order valence-corrected chi connectivity index (χ1v) is 8.17. The van der Waals surface area contributed by atoms with E-state index in [4.69, 9.17) is 0 Å². The van der Waals surface area contributed by atoms with Gasteiger partial charge in [0.2, 0.25) is 0 Å². The van der Waals surface area contributed by atoms with Crippen LogP contribution < -0.4 is 10.6 Å². The Hall–Kier alpha value is 0.1000. The average molecular weight is 317 g/mol. The average Bonchev–Trinajstić information content (AvgIpc) is 2.76. The van der Waals surface area contributed by atoms with Crippen molar-refractivity contribution in [1.29, 1.82) is 0 Å². The van der Waals surface area contributed by atoms with Gasteiger partial charge in [0.25, 0.3) is 0 Å². The van der Waals surface area contributed by atoms with Crippen LogP contribution in [-0.4, -0.2) is 19.6 Å². The van der Waals surface area contributed by atoms with Crippen molar-refractivity contribution >= 4 is 27.3 Å². The van der Waals surface area contributed by atoms with Crippen molar-refractivity contribution in [2.24, 2.45) is 5.92 Å². The first-order valence-electron chi connectivity index (χ1n) is 6.49. The molecular weight excluding hydrogens is 296 g/mol. The third-order valence-corrected chi connectivity index (χ3v) is 5.27. The van der Waals surface area contributed by atoms with Crippen molar-refractivity contribution in [3.63, 3.8) is 0 Å². The Labute approximate surface area is 116 Å². The largest absolute Gasteiger partial charge is 0.316 e. The second-order valence-electron chi connectivity index (χ2n) is 4.72. The molecule has 1 aliphatic rings. The van der Waals surface area contributed by atoms with Crippen LogP contribution in [0.5, 0.6) is 0 Å². The number of thiophene rings is 1. The molecule has 1 fully saturated rings. The maximum Gasteiger partial charge on any atom is 0.0327 e. The molecule has 0 radical (unpaired) electrons. The number of hydrogen-bond acceptors (Lipinski definition) is 3. The van der Waals surface area contributed by atoms with Crippen LogP contribution in [0.15, 0.2) is 15.9 Å². The van der Waals surface area contributed by atoms with Gasteiger partial charge in [0.1, 0.15) is 0 Å². The minimum Gasteiger partial charge on any atom is -0.316 e. The molecule has 2 N–H and O–H groups in total. The molecule has 2 nitrogen and oxygen atoms in total. The Morgan fingerprint density at radius 2 is 2.47 bits per heavy atom. The summed E-state index contributed by atoms with van der Waals surface area (Å²) in [5.74, 6) is 0.916. The van der Waals surface area contributed by atoms with Gasteiger partial charge in [-0.3, -0.25) is 0 Å². The molecule has 2 heterocycles. The van der Waals surface area contributed by atoms with Crippen molar-refractivity contribution in [3.05, 3.63) is 20.8 Å². The monoisotopic (exact) mass is 316 g/mol. The highest BCUT2D eigenvalue weighted by molar-refractivity contribution is 9.10. The molecule has 1 unspecified atom stereocenters. The number of halogens is 1. The molecule has 2 rings (SSSR count). The van der Waals surface area contributed by atoms with E-state index in [2.05, 4.69) is 38.0 Å². The number of hydrogen-bond donors (Lipinski definition) is 2. The Kier molecular flexibility index (Phi) is 5.98. The van der Waals surface area contributed by atoms with Crippen LogP contribution in [0.25, 0.3) is 0 Å². The molecule has 0 spiro atoms. The van der Waals surface area contributed by atoms with Crippen molar-refractivity contribution in [2.75, 3.05) is 19.6 Å². The zero-order chi connectivity index (χ0) is 11.9. The molecule has 96 valence electrons. The minimum atomic E-state index is 0.916. The van der Waals surface area contributed by atoms with E-state index >= 15 is 0 Å². The number of rotatable bonds is 6. The van der Waals surface area contributed by atoms with Crippen LogP contribution in [-0.2, 0) is 6.54 Å². The van der Waals surface area contributed by atoms with E-state index in [1.54, 1.807) is 0 Å². The van der Waals surface area contributed by atoms with Crippen LogP contribution in [0.1, 0.15) is 30.6 Å². The Morgan fingerprint density at radius 3 is 3.18 bits per heavy atom. The summed E-state index contributed by atoms with van der Waals surface area (Å²) < 4.78 is 1.24. The van der Waals surface area contributed by atoms with Gasteiger partial charge in [-0.1, -0.05) is 0 Å². The standard InChI is InChI=1S/C13H21BrN2S/c14-12-5-8-17-13(12)10-16-7-2-4-11-3-1-6-15-9-11/h5,8,11,15-16H,1-4,6-7,9-10H2. The third kappa shape index (κ3) is 4.70. The van der Waals surface area contributed by atoms with Crippen LogP contribution in [0.3, 0.4) is 0 Å². The molecule has 1 saturated heterocycles. The second kappa shape index (κ2) is 7.52. The lowest BCUT2D eigenvalue weighted by molar-refractivity contribution is 0.348. The van der Waals surface area contributed by atoms with Crippen molar-refractivity contribution in [1.82, 2.24) is 10.6 Å². The van der Waals surface area contributed by atoms with Crippen LogP contribution in [0.4, 0.5) is 0 Å². The highest BCUT2D eigenvalue weighted by Gasteiger charge is 2.11. The molecule has 1 aromatic heterocycles. The summed E-state index contributed by atoms with van der Waals surface area (Å²) in [5.41, 5.74) is 0. The van der Waals surface area contributed by atoms with Gasteiger partial charge in [0.05, 0.1) is 0 Å². The Bertz CT molecular complexity index is 321. The highest BCUT2D eigenvalue weighted by atomic mass is 79.9. The van der Waals surface area contributed by atoms with Gasteiger partial charge in [-0.05, 0) is 78.6 Å². The van der Waals surface area contributed by atoms with E-state index in [9.17, 15) is 0 Å². The minimum absolute atomic E-state index is 0.916. The quantitative estimate of drug-likeness (QED) is 0.786. The van der Waals surface area contributed by atoms with Crippen molar-refractivity contribution in [3.8, 4) is 0 Å². The summed E-state index contributed by atoms with van der Waals surface area (Å²) in [6.45, 7) is 4.60. The summed E-state index contributed by atoms with van der Waals surface area (Å²) in [6, 6.07) is 2.12. The summed E-state index contributed by atoms with van der Waals surface area (Å²) in [4.78, 5) is 1.41. The molecule has 0 aliphatic carbocycles. The molecule has 17 heavy (non-hydrogen) atoms. The molecule has 4 heteroatoms. The van der Waals surface area contributed by atoms with Gasteiger partial charge < -0.3 is 10.6 Å². The van der Waals surface area contributed by atoms with E-state index < -0.39 is 0 Å². The van der Waals surface area contributed by atoms with Crippen LogP contribution >= 0.6 is 27.3 Å². The van der Waals surface area contributed by atoms with Crippen LogP contribution in [0.2, 0.25) is 0 Å². The molecular formula is C13H21BrN2S. The Balaban J connectivity index is 1.53. The molecule has 1 aliphatic heterocycles. The van der Waals surface area contributed by atoms with Crippen molar-refractivity contribution in [2.45, 2.75) is 32.2 Å². The van der Waals surface area contributed by atoms with E-state index in [0.717, 1.165) is 19.0 Å². The fourth-order valence-electron chi connectivity index (χ4n) is 2.34. The zero-order valence-electron chi connectivity index (χ0n) is 10.2. The summed E-state index contributed by atoms with van der Waals surface area (Å²) in [7, 11) is 0. The lowest BCUT2D eigenvalue weighted by Gasteiger charge is -2.22. The summed E-state index contributed by atoms with van der Waals surface area (Å²) in [5, 5.41) is 9.14. The zero-order valence-corrected chi connectivity index (χ0v) is 12.6.